The molecule has 0 aliphatic carbocycles. The Morgan fingerprint density at radius 2 is 1.80 bits per heavy atom. The Morgan fingerprint density at radius 3 is 2.40 bits per heavy atom. The molecule has 1 aromatic carbocycles. The van der Waals surface area contributed by atoms with Crippen LogP contribution in [-0.4, -0.2) is 0 Å². The summed E-state index contributed by atoms with van der Waals surface area (Å²) >= 11 is 0. The van der Waals surface area contributed by atoms with Crippen LogP contribution in [0, 0.1) is 5.41 Å². The van der Waals surface area contributed by atoms with Gasteiger partial charge in [-0.05, 0) is 48.4 Å². The van der Waals surface area contributed by atoms with Crippen molar-refractivity contribution in [2.75, 3.05) is 11.5 Å². The maximum absolute atomic E-state index is 5.88. The van der Waals surface area contributed by atoms with E-state index in [1.807, 2.05) is 18.2 Å². The molecule has 0 saturated heterocycles. The van der Waals surface area contributed by atoms with E-state index in [0.29, 0.717) is 5.41 Å². The second-order valence-corrected chi connectivity index (χ2v) is 5.37. The third-order valence-corrected chi connectivity index (χ3v) is 2.54. The lowest BCUT2D eigenvalue weighted by Gasteiger charge is -2.18. The number of anilines is 2. The summed E-state index contributed by atoms with van der Waals surface area (Å²) in [5.41, 5.74) is 14.9. The van der Waals surface area contributed by atoms with Gasteiger partial charge in [0, 0.05) is 11.4 Å². The van der Waals surface area contributed by atoms with Crippen molar-refractivity contribution in [3.05, 3.63) is 23.8 Å². The quantitative estimate of drug-likeness (QED) is 0.746. The molecule has 0 saturated carbocycles. The summed E-state index contributed by atoms with van der Waals surface area (Å²) in [6, 6.07) is 5.72. The van der Waals surface area contributed by atoms with Crippen LogP contribution in [0.25, 0.3) is 0 Å². The maximum Gasteiger partial charge on any atom is 0.0348 e. The first-order valence-electron chi connectivity index (χ1n) is 5.52. The van der Waals surface area contributed by atoms with Gasteiger partial charge >= 0.3 is 0 Å². The van der Waals surface area contributed by atoms with Gasteiger partial charge < -0.3 is 11.5 Å². The minimum atomic E-state index is 0.398. The highest BCUT2D eigenvalue weighted by atomic mass is 14.6. The van der Waals surface area contributed by atoms with Crippen molar-refractivity contribution in [3.8, 4) is 0 Å². The summed E-state index contributed by atoms with van der Waals surface area (Å²) in [5, 5.41) is 0. The van der Waals surface area contributed by atoms with Gasteiger partial charge in [-0.2, -0.15) is 0 Å². The van der Waals surface area contributed by atoms with Crippen molar-refractivity contribution in [1.29, 1.82) is 0 Å². The lowest BCUT2D eigenvalue weighted by molar-refractivity contribution is 0.366. The SMILES string of the molecule is CC(C)(C)CCCc1cc(N)ccc1N. The first-order valence-corrected chi connectivity index (χ1v) is 5.52. The predicted octanol–water partition coefficient (Wildman–Crippen LogP) is 3.22. The van der Waals surface area contributed by atoms with Gasteiger partial charge in [0.2, 0.25) is 0 Å². The predicted molar refractivity (Wildman–Crippen MR) is 67.7 cm³/mol. The molecule has 0 spiro atoms. The molecular formula is C13H22N2. The molecule has 0 unspecified atom stereocenters. The van der Waals surface area contributed by atoms with Crippen LogP contribution in [0.2, 0.25) is 0 Å². The summed E-state index contributed by atoms with van der Waals surface area (Å²) in [5.74, 6) is 0. The smallest absolute Gasteiger partial charge is 0.0348 e. The monoisotopic (exact) mass is 206 g/mol. The summed E-state index contributed by atoms with van der Waals surface area (Å²) in [4.78, 5) is 0. The van der Waals surface area contributed by atoms with E-state index in [9.17, 15) is 0 Å². The van der Waals surface area contributed by atoms with Crippen molar-refractivity contribution >= 4 is 11.4 Å². The summed E-state index contributed by atoms with van der Waals surface area (Å²) < 4.78 is 0. The molecule has 0 fully saturated rings. The number of benzene rings is 1. The normalized spacial score (nSPS) is 11.7. The van der Waals surface area contributed by atoms with Gasteiger partial charge in [0.25, 0.3) is 0 Å². The third kappa shape index (κ3) is 4.24. The van der Waals surface area contributed by atoms with E-state index in [1.165, 1.54) is 12.0 Å². The van der Waals surface area contributed by atoms with Gasteiger partial charge in [-0.1, -0.05) is 20.8 Å². The lowest BCUT2D eigenvalue weighted by Crippen LogP contribution is -2.05. The topological polar surface area (TPSA) is 52.0 Å². The van der Waals surface area contributed by atoms with Crippen molar-refractivity contribution in [2.24, 2.45) is 5.41 Å². The molecule has 15 heavy (non-hydrogen) atoms. The standard InChI is InChI=1S/C13H22N2/c1-13(2,3)8-4-5-10-9-11(14)6-7-12(10)15/h6-7,9H,4-5,8,14-15H2,1-3H3. The lowest BCUT2D eigenvalue weighted by atomic mass is 9.89. The summed E-state index contributed by atoms with van der Waals surface area (Å²) in [7, 11) is 0. The average molecular weight is 206 g/mol. The zero-order valence-electron chi connectivity index (χ0n) is 10.0. The molecule has 0 aliphatic heterocycles. The Hall–Kier alpha value is -1.18. The second kappa shape index (κ2) is 4.56. The zero-order valence-corrected chi connectivity index (χ0v) is 10.0. The largest absolute Gasteiger partial charge is 0.399 e. The van der Waals surface area contributed by atoms with Crippen LogP contribution < -0.4 is 11.5 Å². The molecule has 1 rings (SSSR count). The Bertz CT molecular complexity index is 324. The molecule has 4 N–H and O–H groups in total. The van der Waals surface area contributed by atoms with Crippen LogP contribution in [-0.2, 0) is 6.42 Å². The van der Waals surface area contributed by atoms with Crippen molar-refractivity contribution in [1.82, 2.24) is 0 Å². The van der Waals surface area contributed by atoms with E-state index < -0.39 is 0 Å². The second-order valence-electron chi connectivity index (χ2n) is 5.37. The molecule has 1 aromatic rings. The minimum absolute atomic E-state index is 0.398. The van der Waals surface area contributed by atoms with Gasteiger partial charge in [-0.25, -0.2) is 0 Å². The van der Waals surface area contributed by atoms with E-state index in [2.05, 4.69) is 20.8 Å². The van der Waals surface area contributed by atoms with E-state index in [1.54, 1.807) is 0 Å². The van der Waals surface area contributed by atoms with Crippen LogP contribution >= 0.6 is 0 Å². The fraction of sp³-hybridized carbons (Fsp3) is 0.538. The highest BCUT2D eigenvalue weighted by Crippen LogP contribution is 2.24. The van der Waals surface area contributed by atoms with Crippen molar-refractivity contribution < 1.29 is 0 Å². The molecule has 0 heterocycles. The highest BCUT2D eigenvalue weighted by Gasteiger charge is 2.10. The zero-order chi connectivity index (χ0) is 11.5. The van der Waals surface area contributed by atoms with Crippen LogP contribution in [0.3, 0.4) is 0 Å². The van der Waals surface area contributed by atoms with E-state index in [-0.39, 0.29) is 0 Å². The Labute approximate surface area is 92.7 Å². The number of nitrogens with two attached hydrogens (primary N) is 2. The highest BCUT2D eigenvalue weighted by molar-refractivity contribution is 5.55. The summed E-state index contributed by atoms with van der Waals surface area (Å²) in [6.45, 7) is 6.78. The van der Waals surface area contributed by atoms with E-state index in [0.717, 1.165) is 24.2 Å². The van der Waals surface area contributed by atoms with Gasteiger partial charge in [-0.15, -0.1) is 0 Å². The molecule has 0 radical (unpaired) electrons. The first kappa shape index (κ1) is 11.9. The first-order chi connectivity index (χ1) is 6.88. The molecule has 2 heteroatoms. The van der Waals surface area contributed by atoms with E-state index >= 15 is 0 Å². The van der Waals surface area contributed by atoms with Gasteiger partial charge in [-0.3, -0.25) is 0 Å². The molecule has 0 aliphatic rings. The molecule has 2 nitrogen and oxygen atoms in total. The van der Waals surface area contributed by atoms with Gasteiger partial charge in [0.1, 0.15) is 0 Å². The van der Waals surface area contributed by atoms with Crippen molar-refractivity contribution in [3.63, 3.8) is 0 Å². The third-order valence-electron chi connectivity index (χ3n) is 2.54. The van der Waals surface area contributed by atoms with Gasteiger partial charge in [0.05, 0.1) is 0 Å². The molecule has 0 atom stereocenters. The van der Waals surface area contributed by atoms with Crippen LogP contribution in [0.5, 0.6) is 0 Å². The fourth-order valence-corrected chi connectivity index (χ4v) is 1.65. The molecule has 0 bridgehead atoms. The van der Waals surface area contributed by atoms with E-state index in [4.69, 9.17) is 11.5 Å². The molecular weight excluding hydrogens is 184 g/mol. The summed E-state index contributed by atoms with van der Waals surface area (Å²) in [6.07, 6.45) is 3.40. The molecule has 0 amide bonds. The average Bonchev–Trinajstić information content (AvgIpc) is 2.09. The van der Waals surface area contributed by atoms with Crippen LogP contribution in [0.1, 0.15) is 39.2 Å². The van der Waals surface area contributed by atoms with Crippen molar-refractivity contribution in [2.45, 2.75) is 40.0 Å². The van der Waals surface area contributed by atoms with Crippen LogP contribution in [0.4, 0.5) is 11.4 Å². The Morgan fingerprint density at radius 1 is 1.13 bits per heavy atom. The number of hydrogen-bond donors (Lipinski definition) is 2. The Kier molecular flexibility index (Phi) is 3.61. The van der Waals surface area contributed by atoms with Crippen LogP contribution in [0.15, 0.2) is 18.2 Å². The fourth-order valence-electron chi connectivity index (χ4n) is 1.65. The van der Waals surface area contributed by atoms with Gasteiger partial charge in [0.15, 0.2) is 0 Å². The number of aryl methyl sites for hydroxylation is 1. The Balaban J connectivity index is 2.54. The minimum Gasteiger partial charge on any atom is -0.399 e. The number of rotatable bonds is 3. The maximum atomic E-state index is 5.88. The molecule has 0 aromatic heterocycles. The number of nitrogen functional groups attached to an aromatic ring is 2. The molecule has 84 valence electrons. The number of hydrogen-bond acceptors (Lipinski definition) is 2.